The Labute approximate surface area is 191 Å². The van der Waals surface area contributed by atoms with E-state index in [1.165, 1.54) is 0 Å². The van der Waals surface area contributed by atoms with Crippen LogP contribution >= 0.6 is 0 Å². The van der Waals surface area contributed by atoms with Crippen molar-refractivity contribution >= 4 is 11.6 Å². The van der Waals surface area contributed by atoms with Crippen molar-refractivity contribution in [1.82, 2.24) is 10.1 Å². The van der Waals surface area contributed by atoms with Crippen molar-refractivity contribution in [3.8, 4) is 40.1 Å². The molecule has 8 heteroatoms. The Morgan fingerprint density at radius 3 is 2.58 bits per heavy atom. The number of rotatable bonds is 9. The first kappa shape index (κ1) is 21.9. The number of hydrogen-bond acceptors (Lipinski definition) is 7. The summed E-state index contributed by atoms with van der Waals surface area (Å²) in [6.07, 6.45) is 0. The minimum atomic E-state index is -0.305. The number of amides is 1. The van der Waals surface area contributed by atoms with Crippen LogP contribution in [0, 0.1) is 0 Å². The van der Waals surface area contributed by atoms with Gasteiger partial charge in [-0.15, -0.1) is 0 Å². The van der Waals surface area contributed by atoms with Crippen LogP contribution in [-0.4, -0.2) is 36.4 Å². The van der Waals surface area contributed by atoms with Crippen LogP contribution < -0.4 is 19.5 Å². The second-order valence-electron chi connectivity index (χ2n) is 6.95. The van der Waals surface area contributed by atoms with Crippen molar-refractivity contribution < 1.29 is 23.5 Å². The summed E-state index contributed by atoms with van der Waals surface area (Å²) >= 11 is 0. The molecule has 4 aromatic rings. The number of ether oxygens (including phenoxy) is 3. The molecule has 168 valence electrons. The topological polar surface area (TPSA) is 95.7 Å². The molecule has 0 unspecified atom stereocenters. The highest BCUT2D eigenvalue weighted by molar-refractivity contribution is 5.92. The second-order valence-corrected chi connectivity index (χ2v) is 6.95. The van der Waals surface area contributed by atoms with Gasteiger partial charge in [0.05, 0.1) is 13.7 Å². The Bertz CT molecular complexity index is 1220. The number of carbonyl (C=O) groups excluding carboxylic acids is 1. The fourth-order valence-electron chi connectivity index (χ4n) is 3.11. The van der Waals surface area contributed by atoms with Gasteiger partial charge >= 0.3 is 0 Å². The zero-order valence-electron chi connectivity index (χ0n) is 18.3. The van der Waals surface area contributed by atoms with Gasteiger partial charge in [0.2, 0.25) is 5.82 Å². The Morgan fingerprint density at radius 1 is 0.939 bits per heavy atom. The molecule has 0 aliphatic heterocycles. The van der Waals surface area contributed by atoms with E-state index in [0.29, 0.717) is 46.8 Å². The van der Waals surface area contributed by atoms with Gasteiger partial charge in [-0.25, -0.2) is 0 Å². The van der Waals surface area contributed by atoms with Gasteiger partial charge in [0, 0.05) is 22.9 Å². The minimum Gasteiger partial charge on any atom is -0.497 e. The summed E-state index contributed by atoms with van der Waals surface area (Å²) in [5.74, 6) is 2.12. The largest absolute Gasteiger partial charge is 0.497 e. The van der Waals surface area contributed by atoms with Crippen LogP contribution in [0.2, 0.25) is 0 Å². The molecule has 1 amide bonds. The van der Waals surface area contributed by atoms with Crippen molar-refractivity contribution in [3.05, 3.63) is 72.8 Å². The van der Waals surface area contributed by atoms with Gasteiger partial charge in [0.1, 0.15) is 5.75 Å². The average molecular weight is 445 g/mol. The first-order valence-electron chi connectivity index (χ1n) is 10.4. The first-order chi connectivity index (χ1) is 16.2. The molecule has 0 fully saturated rings. The van der Waals surface area contributed by atoms with Crippen LogP contribution in [-0.2, 0) is 4.79 Å². The fourth-order valence-corrected chi connectivity index (χ4v) is 3.11. The van der Waals surface area contributed by atoms with Crippen molar-refractivity contribution in [3.63, 3.8) is 0 Å². The van der Waals surface area contributed by atoms with Crippen LogP contribution in [0.3, 0.4) is 0 Å². The molecule has 4 rings (SSSR count). The van der Waals surface area contributed by atoms with Gasteiger partial charge in [-0.2, -0.15) is 4.98 Å². The van der Waals surface area contributed by atoms with Crippen molar-refractivity contribution in [2.75, 3.05) is 25.6 Å². The molecule has 3 aromatic carbocycles. The van der Waals surface area contributed by atoms with Crippen LogP contribution in [0.1, 0.15) is 6.92 Å². The number of aromatic nitrogens is 2. The molecule has 0 atom stereocenters. The Balaban J connectivity index is 1.46. The molecule has 0 aliphatic carbocycles. The Morgan fingerprint density at radius 2 is 1.79 bits per heavy atom. The summed E-state index contributed by atoms with van der Waals surface area (Å²) in [6.45, 7) is 2.11. The van der Waals surface area contributed by atoms with E-state index in [-0.39, 0.29) is 12.5 Å². The number of nitrogens with zero attached hydrogens (tertiary/aromatic N) is 2. The number of hydrogen-bond donors (Lipinski definition) is 1. The van der Waals surface area contributed by atoms with Crippen LogP contribution in [0.4, 0.5) is 5.69 Å². The highest BCUT2D eigenvalue weighted by Gasteiger charge is 2.15. The van der Waals surface area contributed by atoms with Crippen molar-refractivity contribution in [2.24, 2.45) is 0 Å². The average Bonchev–Trinajstić information content (AvgIpc) is 3.34. The molecule has 33 heavy (non-hydrogen) atoms. The number of carbonyl (C=O) groups is 1. The predicted molar refractivity (Wildman–Crippen MR) is 123 cm³/mol. The molecule has 0 saturated carbocycles. The third kappa shape index (κ3) is 5.48. The van der Waals surface area contributed by atoms with Crippen molar-refractivity contribution in [2.45, 2.75) is 6.92 Å². The standard InChI is InChI=1S/C25H23N3O5/c1-3-31-22-14-18(24-27-25(33-28-24)17-8-5-4-6-9-17)12-13-21(22)32-16-23(29)26-19-10-7-11-20(15-19)30-2/h4-15H,3,16H2,1-2H3,(H,26,29). The van der Waals surface area contributed by atoms with E-state index in [4.69, 9.17) is 18.7 Å². The Hall–Kier alpha value is -4.33. The molecule has 0 spiro atoms. The molecule has 0 saturated heterocycles. The molecule has 1 N–H and O–H groups in total. The van der Waals surface area contributed by atoms with Crippen LogP contribution in [0.15, 0.2) is 77.3 Å². The SMILES string of the molecule is CCOc1cc(-c2noc(-c3ccccc3)n2)ccc1OCC(=O)Nc1cccc(OC)c1. The molecular weight excluding hydrogens is 422 g/mol. The molecule has 0 radical (unpaired) electrons. The third-order valence-electron chi connectivity index (χ3n) is 4.66. The summed E-state index contributed by atoms with van der Waals surface area (Å²) in [7, 11) is 1.57. The second kappa shape index (κ2) is 10.3. The molecule has 1 aromatic heterocycles. The maximum atomic E-state index is 12.3. The normalized spacial score (nSPS) is 10.5. The summed E-state index contributed by atoms with van der Waals surface area (Å²) in [5, 5.41) is 6.85. The zero-order chi connectivity index (χ0) is 23.0. The van der Waals surface area contributed by atoms with E-state index in [0.717, 1.165) is 5.56 Å². The number of nitrogens with one attached hydrogen (secondary N) is 1. The Kier molecular flexibility index (Phi) is 6.84. The van der Waals surface area contributed by atoms with E-state index in [9.17, 15) is 4.79 Å². The smallest absolute Gasteiger partial charge is 0.262 e. The quantitative estimate of drug-likeness (QED) is 0.394. The summed E-state index contributed by atoms with van der Waals surface area (Å²) < 4.78 is 22.0. The van der Waals surface area contributed by atoms with E-state index in [1.54, 1.807) is 49.6 Å². The van der Waals surface area contributed by atoms with Gasteiger partial charge in [0.25, 0.3) is 11.8 Å². The fraction of sp³-hybridized carbons (Fsp3) is 0.160. The van der Waals surface area contributed by atoms with E-state index >= 15 is 0 Å². The maximum Gasteiger partial charge on any atom is 0.262 e. The molecule has 0 aliphatic rings. The van der Waals surface area contributed by atoms with E-state index < -0.39 is 0 Å². The van der Waals surface area contributed by atoms with Gasteiger partial charge in [-0.05, 0) is 49.4 Å². The van der Waals surface area contributed by atoms with Gasteiger partial charge in [0.15, 0.2) is 18.1 Å². The lowest BCUT2D eigenvalue weighted by atomic mass is 10.2. The lowest BCUT2D eigenvalue weighted by Gasteiger charge is -2.13. The highest BCUT2D eigenvalue weighted by Crippen LogP contribution is 2.32. The maximum absolute atomic E-state index is 12.3. The minimum absolute atomic E-state index is 0.184. The number of methoxy groups -OCH3 is 1. The highest BCUT2D eigenvalue weighted by atomic mass is 16.5. The van der Waals surface area contributed by atoms with Crippen LogP contribution in [0.5, 0.6) is 17.2 Å². The first-order valence-corrected chi connectivity index (χ1v) is 10.4. The molecular formula is C25H23N3O5. The van der Waals surface area contributed by atoms with E-state index in [2.05, 4.69) is 15.5 Å². The lowest BCUT2D eigenvalue weighted by molar-refractivity contribution is -0.118. The van der Waals surface area contributed by atoms with Gasteiger partial charge in [-0.1, -0.05) is 29.4 Å². The summed E-state index contributed by atoms with van der Waals surface area (Å²) in [4.78, 5) is 16.8. The van der Waals surface area contributed by atoms with Crippen molar-refractivity contribution in [1.29, 1.82) is 0 Å². The zero-order valence-corrected chi connectivity index (χ0v) is 18.3. The predicted octanol–water partition coefficient (Wildman–Crippen LogP) is 4.83. The monoisotopic (exact) mass is 445 g/mol. The molecule has 8 nitrogen and oxygen atoms in total. The number of anilines is 1. The summed E-state index contributed by atoms with van der Waals surface area (Å²) in [5.41, 5.74) is 2.16. The van der Waals surface area contributed by atoms with Gasteiger partial charge in [-0.3, -0.25) is 4.79 Å². The van der Waals surface area contributed by atoms with Crippen LogP contribution in [0.25, 0.3) is 22.8 Å². The lowest BCUT2D eigenvalue weighted by Crippen LogP contribution is -2.20. The molecule has 1 heterocycles. The third-order valence-corrected chi connectivity index (χ3v) is 4.66. The molecule has 0 bridgehead atoms. The van der Waals surface area contributed by atoms with Gasteiger partial charge < -0.3 is 24.1 Å². The van der Waals surface area contributed by atoms with E-state index in [1.807, 2.05) is 37.3 Å². The number of benzene rings is 3. The summed E-state index contributed by atoms with van der Waals surface area (Å²) in [6, 6.07) is 21.9.